The van der Waals surface area contributed by atoms with E-state index in [0.29, 0.717) is 18.0 Å². The smallest absolute Gasteiger partial charge is 0.163 e. The summed E-state index contributed by atoms with van der Waals surface area (Å²) in [5.41, 5.74) is 3.78. The summed E-state index contributed by atoms with van der Waals surface area (Å²) >= 11 is 5.88. The normalized spacial score (nSPS) is 11.5. The summed E-state index contributed by atoms with van der Waals surface area (Å²) in [7, 11) is 1.84. The lowest BCUT2D eigenvalue weighted by Gasteiger charge is -2.13. The molecule has 2 aromatic heterocycles. The molecule has 0 aliphatic heterocycles. The molecule has 6 heteroatoms. The van der Waals surface area contributed by atoms with Crippen molar-refractivity contribution in [3.63, 3.8) is 0 Å². The number of rotatable bonds is 3. The van der Waals surface area contributed by atoms with E-state index in [1.165, 1.54) is 6.07 Å². The molecule has 0 amide bonds. The molecule has 0 radical (unpaired) electrons. The molecular formula is C15H16ClFN4. The minimum atomic E-state index is -0.274. The Morgan fingerprint density at radius 2 is 2.05 bits per heavy atom. The van der Waals surface area contributed by atoms with Gasteiger partial charge in [-0.15, -0.1) is 11.6 Å². The highest BCUT2D eigenvalue weighted by atomic mass is 35.5. The Morgan fingerprint density at radius 3 is 2.71 bits per heavy atom. The van der Waals surface area contributed by atoms with E-state index < -0.39 is 0 Å². The van der Waals surface area contributed by atoms with Gasteiger partial charge in [-0.25, -0.2) is 14.1 Å². The lowest BCUT2D eigenvalue weighted by Crippen LogP contribution is -2.09. The van der Waals surface area contributed by atoms with Crippen molar-refractivity contribution in [3.05, 3.63) is 41.1 Å². The molecule has 3 aromatic rings. The molecular weight excluding hydrogens is 291 g/mol. The number of hydrogen-bond acceptors (Lipinski definition) is 2. The van der Waals surface area contributed by atoms with Crippen LogP contribution in [0.15, 0.2) is 18.2 Å². The minimum Gasteiger partial charge on any atom is -0.278 e. The first kappa shape index (κ1) is 14.1. The molecule has 110 valence electrons. The summed E-state index contributed by atoms with van der Waals surface area (Å²) in [6.45, 7) is 3.79. The average molecular weight is 307 g/mol. The van der Waals surface area contributed by atoms with E-state index in [2.05, 4.69) is 10.1 Å². The lowest BCUT2D eigenvalue weighted by molar-refractivity contribution is 0.613. The third-order valence-corrected chi connectivity index (χ3v) is 3.79. The Morgan fingerprint density at radius 1 is 1.29 bits per heavy atom. The van der Waals surface area contributed by atoms with Gasteiger partial charge in [0.05, 0.1) is 11.4 Å². The van der Waals surface area contributed by atoms with E-state index in [9.17, 15) is 4.39 Å². The Labute approximate surface area is 127 Å². The molecule has 0 unspecified atom stereocenters. The molecule has 0 bridgehead atoms. The van der Waals surface area contributed by atoms with Gasteiger partial charge in [-0.3, -0.25) is 4.57 Å². The van der Waals surface area contributed by atoms with Gasteiger partial charge in [0.25, 0.3) is 0 Å². The van der Waals surface area contributed by atoms with Crippen molar-refractivity contribution < 1.29 is 4.39 Å². The van der Waals surface area contributed by atoms with Gasteiger partial charge in [0.2, 0.25) is 0 Å². The van der Waals surface area contributed by atoms with Crippen molar-refractivity contribution in [1.29, 1.82) is 0 Å². The molecule has 0 aliphatic rings. The van der Waals surface area contributed by atoms with Crippen LogP contribution in [-0.4, -0.2) is 25.2 Å². The molecule has 0 atom stereocenters. The topological polar surface area (TPSA) is 35.6 Å². The number of aromatic nitrogens is 4. The van der Waals surface area contributed by atoms with Crippen molar-refractivity contribution >= 4 is 22.8 Å². The van der Waals surface area contributed by atoms with Gasteiger partial charge >= 0.3 is 0 Å². The predicted octanol–water partition coefficient (Wildman–Crippen LogP) is 3.30. The number of fused-ring (bicyclic) bond motifs is 1. The van der Waals surface area contributed by atoms with Gasteiger partial charge in [0.15, 0.2) is 5.65 Å². The van der Waals surface area contributed by atoms with Crippen LogP contribution >= 0.6 is 11.6 Å². The monoisotopic (exact) mass is 306 g/mol. The summed E-state index contributed by atoms with van der Waals surface area (Å²) < 4.78 is 18.0. The van der Waals surface area contributed by atoms with Gasteiger partial charge in [-0.2, -0.15) is 5.10 Å². The van der Waals surface area contributed by atoms with Gasteiger partial charge in [0.1, 0.15) is 17.2 Å². The molecule has 4 nitrogen and oxygen atoms in total. The highest BCUT2D eigenvalue weighted by molar-refractivity contribution is 6.17. The summed E-state index contributed by atoms with van der Waals surface area (Å²) in [5, 5.41) is 4.37. The van der Waals surface area contributed by atoms with Gasteiger partial charge < -0.3 is 0 Å². The second-order valence-corrected chi connectivity index (χ2v) is 5.47. The lowest BCUT2D eigenvalue weighted by atomic mass is 10.2. The van der Waals surface area contributed by atoms with Crippen LogP contribution in [0.25, 0.3) is 16.9 Å². The summed E-state index contributed by atoms with van der Waals surface area (Å²) in [6, 6.07) is 5.05. The number of halogens is 2. The molecule has 0 aliphatic carbocycles. The number of alkyl halides is 1. The van der Waals surface area contributed by atoms with Crippen LogP contribution in [0.5, 0.6) is 0 Å². The van der Waals surface area contributed by atoms with Gasteiger partial charge in [-0.1, -0.05) is 12.1 Å². The van der Waals surface area contributed by atoms with Gasteiger partial charge in [0, 0.05) is 19.3 Å². The average Bonchev–Trinajstić information content (AvgIpc) is 2.90. The molecule has 1 aromatic carbocycles. The fourth-order valence-electron chi connectivity index (χ4n) is 2.71. The van der Waals surface area contributed by atoms with Crippen molar-refractivity contribution in [2.45, 2.75) is 20.3 Å². The number of nitrogens with zero attached hydrogens (tertiary/aromatic N) is 4. The maximum atomic E-state index is 14.4. The largest absolute Gasteiger partial charge is 0.278 e. The molecule has 0 saturated heterocycles. The summed E-state index contributed by atoms with van der Waals surface area (Å²) in [4.78, 5) is 4.61. The van der Waals surface area contributed by atoms with Crippen LogP contribution < -0.4 is 0 Å². The molecule has 0 spiro atoms. The third-order valence-electron chi connectivity index (χ3n) is 3.60. The van der Waals surface area contributed by atoms with Crippen molar-refractivity contribution in [2.75, 3.05) is 5.88 Å². The van der Waals surface area contributed by atoms with Crippen LogP contribution in [0, 0.1) is 19.7 Å². The van der Waals surface area contributed by atoms with Crippen molar-refractivity contribution in [1.82, 2.24) is 19.3 Å². The fourth-order valence-corrected chi connectivity index (χ4v) is 2.88. The Bertz CT molecular complexity index is 799. The van der Waals surface area contributed by atoms with Crippen LogP contribution in [0.4, 0.5) is 4.39 Å². The van der Waals surface area contributed by atoms with Crippen molar-refractivity contribution in [3.8, 4) is 5.69 Å². The van der Waals surface area contributed by atoms with E-state index in [1.54, 1.807) is 10.7 Å². The van der Waals surface area contributed by atoms with E-state index >= 15 is 0 Å². The van der Waals surface area contributed by atoms with Crippen molar-refractivity contribution in [2.24, 2.45) is 7.05 Å². The molecule has 3 rings (SSSR count). The summed E-state index contributed by atoms with van der Waals surface area (Å²) in [5.74, 6) is 0.914. The number of aryl methyl sites for hydroxylation is 4. The number of imidazole rings is 1. The number of benzene rings is 1. The maximum Gasteiger partial charge on any atom is 0.163 e. The van der Waals surface area contributed by atoms with Crippen LogP contribution in [-0.2, 0) is 13.5 Å². The first-order chi connectivity index (χ1) is 10.0. The SMILES string of the molecule is Cc1cccc(F)c1-n1c(CCCl)nc2c(C)nn(C)c21. The third kappa shape index (κ3) is 2.12. The zero-order valence-electron chi connectivity index (χ0n) is 12.2. The highest BCUT2D eigenvalue weighted by Crippen LogP contribution is 2.27. The first-order valence-electron chi connectivity index (χ1n) is 6.77. The molecule has 0 fully saturated rings. The molecule has 0 saturated carbocycles. The molecule has 21 heavy (non-hydrogen) atoms. The molecule has 2 heterocycles. The highest BCUT2D eigenvalue weighted by Gasteiger charge is 2.21. The predicted molar refractivity (Wildman–Crippen MR) is 81.7 cm³/mol. The fraction of sp³-hybridized carbons (Fsp3) is 0.333. The van der Waals surface area contributed by atoms with Crippen LogP contribution in [0.1, 0.15) is 17.1 Å². The number of para-hydroxylation sites is 1. The maximum absolute atomic E-state index is 14.4. The van der Waals surface area contributed by atoms with Crippen LogP contribution in [0.2, 0.25) is 0 Å². The summed E-state index contributed by atoms with van der Waals surface area (Å²) in [6.07, 6.45) is 0.573. The number of hydrogen-bond donors (Lipinski definition) is 0. The van der Waals surface area contributed by atoms with Gasteiger partial charge in [-0.05, 0) is 25.5 Å². The standard InChI is InChI=1S/C15H16ClFN4/c1-9-5-4-6-11(17)14(9)21-12(7-8-16)18-13-10(2)19-20(3)15(13)21/h4-6H,7-8H2,1-3H3. The second kappa shape index (κ2) is 5.15. The zero-order valence-corrected chi connectivity index (χ0v) is 12.9. The Hall–Kier alpha value is -1.88. The zero-order chi connectivity index (χ0) is 15.1. The Balaban J connectivity index is 2.42. The van der Waals surface area contributed by atoms with E-state index in [0.717, 1.165) is 28.2 Å². The quantitative estimate of drug-likeness (QED) is 0.696. The van der Waals surface area contributed by atoms with E-state index in [1.807, 2.05) is 31.5 Å². The second-order valence-electron chi connectivity index (χ2n) is 5.09. The first-order valence-corrected chi connectivity index (χ1v) is 7.30. The van der Waals surface area contributed by atoms with Crippen LogP contribution in [0.3, 0.4) is 0 Å². The van der Waals surface area contributed by atoms with E-state index in [-0.39, 0.29) is 5.82 Å². The molecule has 0 N–H and O–H groups in total. The minimum absolute atomic E-state index is 0.274. The Kier molecular flexibility index (Phi) is 3.45. The van der Waals surface area contributed by atoms with E-state index in [4.69, 9.17) is 11.6 Å².